The lowest BCUT2D eigenvalue weighted by molar-refractivity contribution is -0.387. The first-order valence-electron chi connectivity index (χ1n) is 5.83. The van der Waals surface area contributed by atoms with Crippen LogP contribution < -0.4 is 4.84 Å². The highest BCUT2D eigenvalue weighted by atomic mass is 35.5. The summed E-state index contributed by atoms with van der Waals surface area (Å²) in [5.41, 5.74) is -0.660. The Morgan fingerprint density at radius 2 is 1.84 bits per heavy atom. The second-order valence-corrected chi connectivity index (χ2v) is 5.04. The standard InChI is InChI=1S/C12H16ClFN2O3/c1-7(2)15(8(3)4)19-12-6-11(16(17)18)10(14)5-9(12)13/h5-8H,1-4H3. The van der Waals surface area contributed by atoms with Crippen LogP contribution >= 0.6 is 11.6 Å². The molecule has 0 saturated carbocycles. The Balaban J connectivity index is 3.13. The molecule has 1 rings (SSSR count). The molecule has 0 unspecified atom stereocenters. The van der Waals surface area contributed by atoms with Gasteiger partial charge in [0, 0.05) is 18.2 Å². The van der Waals surface area contributed by atoms with Crippen LogP contribution in [0.3, 0.4) is 0 Å². The molecule has 0 heterocycles. The Labute approximate surface area is 116 Å². The van der Waals surface area contributed by atoms with E-state index in [0.29, 0.717) is 0 Å². The van der Waals surface area contributed by atoms with E-state index in [1.54, 1.807) is 5.06 Å². The molecule has 0 saturated heterocycles. The molecule has 0 bridgehead atoms. The highest BCUT2D eigenvalue weighted by molar-refractivity contribution is 6.32. The molecule has 5 nitrogen and oxygen atoms in total. The number of nitrogens with zero attached hydrogens (tertiary/aromatic N) is 2. The van der Waals surface area contributed by atoms with Crippen molar-refractivity contribution in [1.29, 1.82) is 0 Å². The number of hydrogen-bond acceptors (Lipinski definition) is 4. The van der Waals surface area contributed by atoms with Crippen LogP contribution in [0, 0.1) is 15.9 Å². The quantitative estimate of drug-likeness (QED) is 0.611. The summed E-state index contributed by atoms with van der Waals surface area (Å²) < 4.78 is 13.3. The van der Waals surface area contributed by atoms with E-state index in [2.05, 4.69) is 0 Å². The molecule has 1 aromatic carbocycles. The summed E-state index contributed by atoms with van der Waals surface area (Å²) in [6, 6.07) is 1.96. The second-order valence-electron chi connectivity index (χ2n) is 4.63. The maximum Gasteiger partial charge on any atom is 0.308 e. The number of rotatable bonds is 5. The number of nitro benzene ring substituents is 1. The smallest absolute Gasteiger partial charge is 0.308 e. The van der Waals surface area contributed by atoms with Gasteiger partial charge in [0.25, 0.3) is 0 Å². The van der Waals surface area contributed by atoms with Crippen molar-refractivity contribution in [3.8, 4) is 5.75 Å². The van der Waals surface area contributed by atoms with Crippen LogP contribution in [0.2, 0.25) is 5.02 Å². The number of halogens is 2. The fourth-order valence-electron chi connectivity index (χ4n) is 1.65. The highest BCUT2D eigenvalue weighted by Crippen LogP contribution is 2.32. The predicted molar refractivity (Wildman–Crippen MR) is 70.8 cm³/mol. The van der Waals surface area contributed by atoms with E-state index in [-0.39, 0.29) is 22.9 Å². The summed E-state index contributed by atoms with van der Waals surface area (Å²) in [6.07, 6.45) is 0. The molecular formula is C12H16ClFN2O3. The molecular weight excluding hydrogens is 275 g/mol. The molecule has 0 radical (unpaired) electrons. The fraction of sp³-hybridized carbons (Fsp3) is 0.500. The van der Waals surface area contributed by atoms with Crippen molar-refractivity contribution >= 4 is 17.3 Å². The minimum Gasteiger partial charge on any atom is -0.404 e. The van der Waals surface area contributed by atoms with E-state index in [0.717, 1.165) is 12.1 Å². The minimum atomic E-state index is -0.983. The van der Waals surface area contributed by atoms with E-state index in [4.69, 9.17) is 16.4 Å². The van der Waals surface area contributed by atoms with Gasteiger partial charge in [-0.2, -0.15) is 4.39 Å². The molecule has 0 aromatic heterocycles. The number of hydrogen-bond donors (Lipinski definition) is 0. The largest absolute Gasteiger partial charge is 0.404 e. The van der Waals surface area contributed by atoms with Gasteiger partial charge in [0.05, 0.1) is 16.0 Å². The van der Waals surface area contributed by atoms with E-state index >= 15 is 0 Å². The van der Waals surface area contributed by atoms with Gasteiger partial charge in [-0.1, -0.05) is 11.6 Å². The third kappa shape index (κ3) is 3.78. The maximum atomic E-state index is 13.3. The summed E-state index contributed by atoms with van der Waals surface area (Å²) in [6.45, 7) is 7.63. The first-order valence-corrected chi connectivity index (χ1v) is 6.21. The fourth-order valence-corrected chi connectivity index (χ4v) is 1.83. The van der Waals surface area contributed by atoms with E-state index in [1.165, 1.54) is 0 Å². The third-order valence-corrected chi connectivity index (χ3v) is 2.72. The second kappa shape index (κ2) is 6.16. The molecule has 0 atom stereocenters. The normalized spacial score (nSPS) is 11.4. The van der Waals surface area contributed by atoms with Crippen molar-refractivity contribution in [2.75, 3.05) is 0 Å². The molecule has 0 amide bonds. The minimum absolute atomic E-state index is 0.00519. The molecule has 1 aromatic rings. The Kier molecular flexibility index (Phi) is 5.08. The van der Waals surface area contributed by atoms with Crippen LogP contribution in [0.4, 0.5) is 10.1 Å². The van der Waals surface area contributed by atoms with Gasteiger partial charge in [-0.25, -0.2) is 0 Å². The molecule has 0 aliphatic heterocycles. The zero-order valence-corrected chi connectivity index (χ0v) is 11.9. The van der Waals surface area contributed by atoms with Crippen molar-refractivity contribution in [3.05, 3.63) is 33.1 Å². The molecule has 0 N–H and O–H groups in total. The van der Waals surface area contributed by atoms with Crippen molar-refractivity contribution in [2.24, 2.45) is 0 Å². The summed E-state index contributed by atoms with van der Waals surface area (Å²) in [4.78, 5) is 15.4. The lowest BCUT2D eigenvalue weighted by atomic mass is 10.3. The topological polar surface area (TPSA) is 55.6 Å². The monoisotopic (exact) mass is 290 g/mol. The van der Waals surface area contributed by atoms with Crippen LogP contribution in [-0.2, 0) is 0 Å². The Morgan fingerprint density at radius 3 is 2.26 bits per heavy atom. The van der Waals surface area contributed by atoms with Crippen molar-refractivity contribution < 1.29 is 14.2 Å². The van der Waals surface area contributed by atoms with Crippen LogP contribution in [-0.4, -0.2) is 22.1 Å². The summed E-state index contributed by atoms with van der Waals surface area (Å²) in [5, 5.41) is 12.3. The van der Waals surface area contributed by atoms with Gasteiger partial charge in [-0.15, -0.1) is 5.06 Å². The lowest BCUT2D eigenvalue weighted by Gasteiger charge is -2.29. The van der Waals surface area contributed by atoms with Crippen molar-refractivity contribution in [2.45, 2.75) is 39.8 Å². The van der Waals surface area contributed by atoms with Crippen molar-refractivity contribution in [3.63, 3.8) is 0 Å². The van der Waals surface area contributed by atoms with Gasteiger partial charge in [-0.05, 0) is 27.7 Å². The van der Waals surface area contributed by atoms with E-state index < -0.39 is 16.4 Å². The maximum absolute atomic E-state index is 13.3. The zero-order valence-electron chi connectivity index (χ0n) is 11.2. The summed E-state index contributed by atoms with van der Waals surface area (Å²) in [5.74, 6) is -0.917. The van der Waals surface area contributed by atoms with Crippen LogP contribution in [0.15, 0.2) is 12.1 Å². The van der Waals surface area contributed by atoms with Gasteiger partial charge in [0.2, 0.25) is 5.82 Å². The van der Waals surface area contributed by atoms with Gasteiger partial charge < -0.3 is 4.84 Å². The molecule has 0 aliphatic carbocycles. The van der Waals surface area contributed by atoms with Crippen LogP contribution in [0.25, 0.3) is 0 Å². The molecule has 106 valence electrons. The van der Waals surface area contributed by atoms with Gasteiger partial charge in [0.1, 0.15) is 0 Å². The van der Waals surface area contributed by atoms with Gasteiger partial charge in [-0.3, -0.25) is 10.1 Å². The van der Waals surface area contributed by atoms with Crippen LogP contribution in [0.1, 0.15) is 27.7 Å². The Bertz CT molecular complexity index is 472. The van der Waals surface area contributed by atoms with Gasteiger partial charge >= 0.3 is 5.69 Å². The average molecular weight is 291 g/mol. The van der Waals surface area contributed by atoms with Crippen LogP contribution in [0.5, 0.6) is 5.75 Å². The molecule has 0 aliphatic rings. The van der Waals surface area contributed by atoms with Crippen molar-refractivity contribution in [1.82, 2.24) is 5.06 Å². The molecule has 0 spiro atoms. The number of hydroxylamine groups is 2. The first kappa shape index (κ1) is 15.7. The number of benzene rings is 1. The SMILES string of the molecule is CC(C)N(Oc1cc([N+](=O)[O-])c(F)cc1Cl)C(C)C. The zero-order chi connectivity index (χ0) is 14.7. The lowest BCUT2D eigenvalue weighted by Crippen LogP contribution is -2.39. The molecule has 0 fully saturated rings. The summed E-state index contributed by atoms with van der Waals surface area (Å²) in [7, 11) is 0. The highest BCUT2D eigenvalue weighted by Gasteiger charge is 2.22. The third-order valence-electron chi connectivity index (χ3n) is 2.42. The molecule has 7 heteroatoms. The Morgan fingerprint density at radius 1 is 1.32 bits per heavy atom. The molecule has 19 heavy (non-hydrogen) atoms. The average Bonchev–Trinajstić information content (AvgIpc) is 2.26. The number of nitro groups is 1. The van der Waals surface area contributed by atoms with E-state index in [1.807, 2.05) is 27.7 Å². The summed E-state index contributed by atoms with van der Waals surface area (Å²) >= 11 is 5.85. The first-order chi connectivity index (χ1) is 8.73. The van der Waals surface area contributed by atoms with Gasteiger partial charge in [0.15, 0.2) is 5.75 Å². The predicted octanol–water partition coefficient (Wildman–Crippen LogP) is 3.80. The van der Waals surface area contributed by atoms with E-state index in [9.17, 15) is 14.5 Å². The Hall–Kier alpha value is -1.40.